The van der Waals surface area contributed by atoms with E-state index < -0.39 is 6.09 Å². The van der Waals surface area contributed by atoms with Gasteiger partial charge in [-0.2, -0.15) is 5.01 Å². The molecule has 0 saturated heterocycles. The first-order valence-corrected chi connectivity index (χ1v) is 1.95. The summed E-state index contributed by atoms with van der Waals surface area (Å²) >= 11 is 0. The van der Waals surface area contributed by atoms with E-state index in [0.717, 1.165) is 11.4 Å². The van der Waals surface area contributed by atoms with Gasteiger partial charge in [-0.15, -0.1) is 5.10 Å². The third kappa shape index (κ3) is 2.21. The van der Waals surface area contributed by atoms with Crippen molar-refractivity contribution in [1.29, 1.82) is 0 Å². The summed E-state index contributed by atoms with van der Waals surface area (Å²) in [6.45, 7) is 0.00926. The van der Waals surface area contributed by atoms with E-state index in [4.69, 9.17) is 5.11 Å². The van der Waals surface area contributed by atoms with Crippen molar-refractivity contribution in [3.63, 3.8) is 0 Å². The van der Waals surface area contributed by atoms with Crippen molar-refractivity contribution in [3.8, 4) is 0 Å². The Morgan fingerprint density at radius 3 is 2.89 bits per heavy atom. The monoisotopic (exact) mass is 140 g/mol. The fourth-order valence-electron chi connectivity index (χ4n) is 0.332. The van der Waals surface area contributed by atoms with Gasteiger partial charge in [0.05, 0.1) is 0 Å². The van der Waals surface area contributed by atoms with E-state index in [1.165, 1.54) is 0 Å². The van der Waals surface area contributed by atoms with Crippen molar-refractivity contribution in [3.05, 3.63) is 0 Å². The quantitative estimate of drug-likeness (QED) is 0.365. The molecule has 6 heteroatoms. The van der Waals surface area contributed by atoms with Crippen LogP contribution in [0.15, 0.2) is 5.10 Å². The Morgan fingerprint density at radius 2 is 2.67 bits per heavy atom. The van der Waals surface area contributed by atoms with Crippen LogP contribution >= 0.6 is 0 Å². The number of carbonyl (C=O) groups is 1. The molecule has 0 spiro atoms. The molecule has 1 heterocycles. The Labute approximate surface area is 75.1 Å². The molecule has 0 bridgehead atoms. The van der Waals surface area contributed by atoms with Crippen LogP contribution < -0.4 is 29.6 Å². The fraction of sp³-hybridized carbons (Fsp3) is 0.333. The minimum Gasteiger partial charge on any atom is -1.00 e. The summed E-state index contributed by atoms with van der Waals surface area (Å²) in [4.78, 5) is 9.93. The fourth-order valence-corrected chi connectivity index (χ4v) is 0.332. The summed E-state index contributed by atoms with van der Waals surface area (Å²) in [5.41, 5.74) is 0. The molecular formula is C3H5N2NaO3. The first-order chi connectivity index (χ1) is 3.80. The maximum atomic E-state index is 9.93. The molecule has 0 aliphatic carbocycles. The SMILES string of the molecule is O=C(O)N1COC=N1.[H-].[Na+]. The second kappa shape index (κ2) is 3.71. The van der Waals surface area contributed by atoms with Crippen LogP contribution in [-0.4, -0.2) is 29.3 Å². The van der Waals surface area contributed by atoms with Crippen LogP contribution in [0.3, 0.4) is 0 Å². The number of hydrazone groups is 1. The molecule has 0 atom stereocenters. The predicted octanol–water partition coefficient (Wildman–Crippen LogP) is -2.99. The van der Waals surface area contributed by atoms with Crippen LogP contribution in [-0.2, 0) is 4.74 Å². The summed E-state index contributed by atoms with van der Waals surface area (Å²) in [5.74, 6) is 0. The van der Waals surface area contributed by atoms with Gasteiger partial charge in [-0.25, -0.2) is 4.79 Å². The third-order valence-electron chi connectivity index (χ3n) is 0.679. The molecule has 1 N–H and O–H groups in total. The molecule has 0 aromatic rings. The third-order valence-corrected chi connectivity index (χ3v) is 0.679. The van der Waals surface area contributed by atoms with Crippen LogP contribution in [0.5, 0.6) is 0 Å². The van der Waals surface area contributed by atoms with Gasteiger partial charge in [0.2, 0.25) is 0 Å². The zero-order valence-corrected chi connectivity index (χ0v) is 6.94. The smallest absolute Gasteiger partial charge is 1.00 e. The predicted molar refractivity (Wildman–Crippen MR) is 25.4 cm³/mol. The van der Waals surface area contributed by atoms with E-state index in [1.807, 2.05) is 0 Å². The summed E-state index contributed by atoms with van der Waals surface area (Å²) in [6, 6.07) is 0. The summed E-state index contributed by atoms with van der Waals surface area (Å²) < 4.78 is 4.47. The van der Waals surface area contributed by atoms with Gasteiger partial charge in [-0.05, 0) is 0 Å². The van der Waals surface area contributed by atoms with E-state index in [9.17, 15) is 4.79 Å². The van der Waals surface area contributed by atoms with Crippen LogP contribution in [0.25, 0.3) is 0 Å². The second-order valence-corrected chi connectivity index (χ2v) is 1.20. The molecule has 0 fully saturated rings. The normalized spacial score (nSPS) is 14.4. The molecule has 5 nitrogen and oxygen atoms in total. The largest absolute Gasteiger partial charge is 1.00 e. The molecule has 1 aliphatic rings. The molecule has 0 aromatic heterocycles. The zero-order valence-electron chi connectivity index (χ0n) is 5.94. The van der Waals surface area contributed by atoms with Gasteiger partial charge >= 0.3 is 35.7 Å². The number of nitrogens with zero attached hydrogens (tertiary/aromatic N) is 2. The van der Waals surface area contributed by atoms with Crippen molar-refractivity contribution in [1.82, 2.24) is 5.01 Å². The van der Waals surface area contributed by atoms with Crippen LogP contribution in [0.1, 0.15) is 1.43 Å². The summed E-state index contributed by atoms with van der Waals surface area (Å²) in [7, 11) is 0. The molecule has 46 valence electrons. The number of hydrogen-bond donors (Lipinski definition) is 1. The van der Waals surface area contributed by atoms with Crippen molar-refractivity contribution in [2.45, 2.75) is 0 Å². The summed E-state index contributed by atoms with van der Waals surface area (Å²) in [6.07, 6.45) is -0.00699. The standard InChI is InChI=1S/C3H4N2O3.Na.H/c6-3(7)5-2-8-1-4-5;;/h1H,2H2,(H,6,7);;/q;+1;-1. The van der Waals surface area contributed by atoms with Crippen molar-refractivity contribution in [2.24, 2.45) is 5.10 Å². The molecule has 9 heavy (non-hydrogen) atoms. The minimum absolute atomic E-state index is 0. The first-order valence-electron chi connectivity index (χ1n) is 1.95. The maximum absolute atomic E-state index is 9.93. The molecule has 1 rings (SSSR count). The van der Waals surface area contributed by atoms with E-state index in [-0.39, 0.29) is 37.7 Å². The van der Waals surface area contributed by atoms with Crippen LogP contribution in [0.2, 0.25) is 0 Å². The molecular weight excluding hydrogens is 135 g/mol. The molecule has 0 aromatic carbocycles. The first kappa shape index (κ1) is 8.74. The van der Waals surface area contributed by atoms with Crippen molar-refractivity contribution >= 4 is 12.5 Å². The summed E-state index contributed by atoms with van der Waals surface area (Å²) in [5, 5.41) is 12.3. The molecule has 0 radical (unpaired) electrons. The molecule has 1 aliphatic heterocycles. The van der Waals surface area contributed by atoms with Gasteiger partial charge in [-0.1, -0.05) is 0 Å². The van der Waals surface area contributed by atoms with Gasteiger partial charge in [0.15, 0.2) is 13.1 Å². The minimum atomic E-state index is -1.10. The van der Waals surface area contributed by atoms with E-state index in [2.05, 4.69) is 9.84 Å². The number of hydrogen-bond acceptors (Lipinski definition) is 3. The van der Waals surface area contributed by atoms with Gasteiger partial charge in [0, 0.05) is 0 Å². The van der Waals surface area contributed by atoms with E-state index in [0.29, 0.717) is 0 Å². The van der Waals surface area contributed by atoms with Gasteiger partial charge in [-0.3, -0.25) is 0 Å². The molecule has 0 saturated carbocycles. The zero-order chi connectivity index (χ0) is 5.98. The van der Waals surface area contributed by atoms with Crippen molar-refractivity contribution < 1.29 is 45.6 Å². The van der Waals surface area contributed by atoms with Gasteiger partial charge in [0.25, 0.3) is 0 Å². The number of rotatable bonds is 0. The Bertz CT molecular complexity index is 142. The van der Waals surface area contributed by atoms with Gasteiger partial charge < -0.3 is 11.3 Å². The Morgan fingerprint density at radius 1 is 2.00 bits per heavy atom. The maximum Gasteiger partial charge on any atom is 1.00 e. The van der Waals surface area contributed by atoms with E-state index in [1.54, 1.807) is 0 Å². The number of ether oxygens (including phenoxy) is 1. The number of carboxylic acid groups (broad SMARTS) is 1. The van der Waals surface area contributed by atoms with Crippen LogP contribution in [0.4, 0.5) is 4.79 Å². The van der Waals surface area contributed by atoms with E-state index >= 15 is 0 Å². The molecule has 1 amide bonds. The Hall–Kier alpha value is -0.260. The van der Waals surface area contributed by atoms with Gasteiger partial charge in [0.1, 0.15) is 0 Å². The van der Waals surface area contributed by atoms with Crippen LogP contribution in [0, 0.1) is 0 Å². The average Bonchev–Trinajstić information content (AvgIpc) is 2.12. The Kier molecular flexibility index (Phi) is 3.60. The van der Waals surface area contributed by atoms with Crippen molar-refractivity contribution in [2.75, 3.05) is 6.73 Å². The number of amides is 1. The second-order valence-electron chi connectivity index (χ2n) is 1.20. The average molecular weight is 140 g/mol. The molecule has 0 unspecified atom stereocenters. The Balaban J connectivity index is 0. The topological polar surface area (TPSA) is 62.1 Å².